The normalized spacial score (nSPS) is 12.4. The van der Waals surface area contributed by atoms with Gasteiger partial charge in [-0.05, 0) is 56.9 Å². The summed E-state index contributed by atoms with van der Waals surface area (Å²) in [5.74, 6) is -1.05. The fourth-order valence-electron chi connectivity index (χ4n) is 4.38. The summed E-state index contributed by atoms with van der Waals surface area (Å²) in [5.41, 5.74) is 2.93. The van der Waals surface area contributed by atoms with E-state index in [1.165, 1.54) is 4.90 Å². The van der Waals surface area contributed by atoms with Crippen molar-refractivity contribution in [1.29, 1.82) is 5.26 Å². The van der Waals surface area contributed by atoms with Gasteiger partial charge in [0.05, 0.1) is 6.07 Å². The zero-order chi connectivity index (χ0) is 29.3. The molecule has 2 unspecified atom stereocenters. The first-order chi connectivity index (χ1) is 19.0. The smallest absolute Gasteiger partial charge is 0.408 e. The summed E-state index contributed by atoms with van der Waals surface area (Å²) < 4.78 is 5.43. The molecule has 3 aromatic carbocycles. The van der Waals surface area contributed by atoms with Crippen LogP contribution >= 0.6 is 0 Å². The maximum Gasteiger partial charge on any atom is 0.408 e. The van der Waals surface area contributed by atoms with Crippen LogP contribution in [0.2, 0.25) is 0 Å². The number of benzene rings is 3. The summed E-state index contributed by atoms with van der Waals surface area (Å²) >= 11 is 0. The molecule has 0 bridgehead atoms. The maximum atomic E-state index is 14.2. The number of carbonyl (C=O) groups excluding carboxylic acids is 3. The third kappa shape index (κ3) is 8.18. The van der Waals surface area contributed by atoms with Gasteiger partial charge in [0.1, 0.15) is 24.2 Å². The predicted molar refractivity (Wildman–Crippen MR) is 154 cm³/mol. The van der Waals surface area contributed by atoms with Crippen molar-refractivity contribution in [2.75, 3.05) is 11.9 Å². The Morgan fingerprint density at radius 2 is 1.48 bits per heavy atom. The molecule has 3 rings (SSSR count). The van der Waals surface area contributed by atoms with Gasteiger partial charge in [0.15, 0.2) is 0 Å². The zero-order valence-corrected chi connectivity index (χ0v) is 23.6. The quantitative estimate of drug-likeness (QED) is 0.350. The van der Waals surface area contributed by atoms with E-state index in [9.17, 15) is 19.6 Å². The van der Waals surface area contributed by atoms with Crippen LogP contribution in [0.15, 0.2) is 78.9 Å². The third-order valence-electron chi connectivity index (χ3n) is 6.20. The van der Waals surface area contributed by atoms with Crippen LogP contribution in [-0.2, 0) is 20.7 Å². The van der Waals surface area contributed by atoms with Gasteiger partial charge < -0.3 is 20.3 Å². The summed E-state index contributed by atoms with van der Waals surface area (Å²) in [6.45, 7) is 8.58. The molecule has 3 amide bonds. The molecule has 2 N–H and O–H groups in total. The molecule has 0 aliphatic rings. The molecule has 0 fully saturated rings. The monoisotopic (exact) mass is 540 g/mol. The number of alkyl carbamates (subject to hydrolysis) is 1. The highest BCUT2D eigenvalue weighted by atomic mass is 16.6. The number of anilines is 1. The lowest BCUT2D eigenvalue weighted by atomic mass is 10.00. The first-order valence-corrected chi connectivity index (χ1v) is 13.1. The Hall–Kier alpha value is -4.64. The first kappa shape index (κ1) is 29.9. The molecular formula is C32H36N4O4. The average Bonchev–Trinajstić information content (AvgIpc) is 2.90. The van der Waals surface area contributed by atoms with Crippen LogP contribution < -0.4 is 10.6 Å². The van der Waals surface area contributed by atoms with Crippen LogP contribution in [0.4, 0.5) is 10.5 Å². The number of hydrogen-bond donors (Lipinski definition) is 2. The molecule has 2 atom stereocenters. The number of hydrogen-bond acceptors (Lipinski definition) is 5. The lowest BCUT2D eigenvalue weighted by Crippen LogP contribution is -2.53. The summed E-state index contributed by atoms with van der Waals surface area (Å²) in [4.78, 5) is 42.1. The van der Waals surface area contributed by atoms with Crippen LogP contribution in [0, 0.1) is 25.2 Å². The largest absolute Gasteiger partial charge is 0.444 e. The van der Waals surface area contributed by atoms with Crippen LogP contribution in [0.3, 0.4) is 0 Å². The van der Waals surface area contributed by atoms with E-state index in [1.807, 2.05) is 74.5 Å². The number of nitriles is 1. The van der Waals surface area contributed by atoms with Crippen molar-refractivity contribution in [3.8, 4) is 6.07 Å². The minimum Gasteiger partial charge on any atom is -0.444 e. The van der Waals surface area contributed by atoms with Gasteiger partial charge in [0, 0.05) is 12.1 Å². The van der Waals surface area contributed by atoms with Gasteiger partial charge in [-0.3, -0.25) is 9.59 Å². The predicted octanol–water partition coefficient (Wildman–Crippen LogP) is 5.47. The fraction of sp³-hybridized carbons (Fsp3) is 0.312. The van der Waals surface area contributed by atoms with Crippen LogP contribution in [-0.4, -0.2) is 41.0 Å². The van der Waals surface area contributed by atoms with Crippen LogP contribution in [0.25, 0.3) is 0 Å². The molecule has 208 valence electrons. The molecule has 0 aliphatic heterocycles. The Bertz CT molecular complexity index is 1340. The molecule has 0 radical (unpaired) electrons. The van der Waals surface area contributed by atoms with E-state index in [0.717, 1.165) is 16.7 Å². The van der Waals surface area contributed by atoms with E-state index in [4.69, 9.17) is 4.74 Å². The second-order valence-electron chi connectivity index (χ2n) is 10.6. The lowest BCUT2D eigenvalue weighted by Gasteiger charge is -2.33. The fourth-order valence-corrected chi connectivity index (χ4v) is 4.38. The van der Waals surface area contributed by atoms with Gasteiger partial charge in [-0.25, -0.2) is 4.79 Å². The molecule has 40 heavy (non-hydrogen) atoms. The number of rotatable bonds is 9. The SMILES string of the molecule is Cc1cccc(C)c1NC(=O)C(c1ccccc1)N(CC#N)C(=O)C(Cc1ccccc1)NC(=O)OC(C)(C)C. The highest BCUT2D eigenvalue weighted by molar-refractivity contribution is 6.00. The van der Waals surface area contributed by atoms with E-state index in [-0.39, 0.29) is 13.0 Å². The molecule has 0 aliphatic carbocycles. The van der Waals surface area contributed by atoms with E-state index in [1.54, 1.807) is 45.0 Å². The Morgan fingerprint density at radius 3 is 2.02 bits per heavy atom. The number of para-hydroxylation sites is 1. The van der Waals surface area contributed by atoms with E-state index in [2.05, 4.69) is 10.6 Å². The maximum absolute atomic E-state index is 14.2. The Kier molecular flexibility index (Phi) is 10.0. The first-order valence-electron chi connectivity index (χ1n) is 13.1. The van der Waals surface area contributed by atoms with Gasteiger partial charge in [0.2, 0.25) is 5.91 Å². The minimum absolute atomic E-state index is 0.140. The van der Waals surface area contributed by atoms with Gasteiger partial charge in [-0.2, -0.15) is 5.26 Å². The second kappa shape index (κ2) is 13.4. The van der Waals surface area contributed by atoms with Gasteiger partial charge >= 0.3 is 6.09 Å². The molecule has 8 heteroatoms. The third-order valence-corrected chi connectivity index (χ3v) is 6.20. The van der Waals surface area contributed by atoms with Crippen molar-refractivity contribution in [2.45, 2.75) is 58.7 Å². The van der Waals surface area contributed by atoms with Crippen molar-refractivity contribution in [3.63, 3.8) is 0 Å². The van der Waals surface area contributed by atoms with Crippen molar-refractivity contribution in [3.05, 3.63) is 101 Å². The molecule has 3 aromatic rings. The second-order valence-corrected chi connectivity index (χ2v) is 10.6. The lowest BCUT2D eigenvalue weighted by molar-refractivity contribution is -0.140. The van der Waals surface area contributed by atoms with Crippen molar-refractivity contribution >= 4 is 23.6 Å². The average molecular weight is 541 g/mol. The van der Waals surface area contributed by atoms with Gasteiger partial charge in [-0.1, -0.05) is 78.9 Å². The number of nitrogens with one attached hydrogen (secondary N) is 2. The molecular weight excluding hydrogens is 504 g/mol. The Morgan fingerprint density at radius 1 is 0.900 bits per heavy atom. The van der Waals surface area contributed by atoms with Crippen molar-refractivity contribution in [2.24, 2.45) is 0 Å². The summed E-state index contributed by atoms with van der Waals surface area (Å²) in [7, 11) is 0. The van der Waals surface area contributed by atoms with Gasteiger partial charge in [0.25, 0.3) is 5.91 Å². The topological polar surface area (TPSA) is 112 Å². The summed E-state index contributed by atoms with van der Waals surface area (Å²) in [6, 6.07) is 23.5. The number of ether oxygens (including phenoxy) is 1. The molecule has 8 nitrogen and oxygen atoms in total. The number of carbonyl (C=O) groups is 3. The highest BCUT2D eigenvalue weighted by Crippen LogP contribution is 2.27. The number of nitrogens with zero attached hydrogens (tertiary/aromatic N) is 2. The van der Waals surface area contributed by atoms with Crippen LogP contribution in [0.5, 0.6) is 0 Å². The number of aryl methyl sites for hydroxylation is 2. The van der Waals surface area contributed by atoms with Crippen molar-refractivity contribution < 1.29 is 19.1 Å². The molecule has 0 heterocycles. The van der Waals surface area contributed by atoms with Crippen LogP contribution in [0.1, 0.15) is 49.1 Å². The molecule has 0 saturated heterocycles. The molecule has 0 aromatic heterocycles. The molecule has 0 saturated carbocycles. The van der Waals surface area contributed by atoms with E-state index < -0.39 is 35.6 Å². The zero-order valence-electron chi connectivity index (χ0n) is 23.6. The Balaban J connectivity index is 2.03. The van der Waals surface area contributed by atoms with E-state index >= 15 is 0 Å². The van der Waals surface area contributed by atoms with Gasteiger partial charge in [-0.15, -0.1) is 0 Å². The van der Waals surface area contributed by atoms with E-state index in [0.29, 0.717) is 11.3 Å². The summed E-state index contributed by atoms with van der Waals surface area (Å²) in [6.07, 6.45) is -0.629. The summed E-state index contributed by atoms with van der Waals surface area (Å²) in [5, 5.41) is 15.4. The minimum atomic E-state index is -1.13. The molecule has 0 spiro atoms. The number of amides is 3. The highest BCUT2D eigenvalue weighted by Gasteiger charge is 2.36. The van der Waals surface area contributed by atoms with Crippen molar-refractivity contribution in [1.82, 2.24) is 10.2 Å². The standard InChI is InChI=1S/C32H36N4O4/c1-22-13-12-14-23(2)27(22)35-29(37)28(25-17-10-7-11-18-25)36(20-19-33)30(38)26(21-24-15-8-6-9-16-24)34-31(39)40-32(3,4)5/h6-18,26,28H,20-21H2,1-5H3,(H,34,39)(H,35,37). The Labute approximate surface area is 236 Å².